The highest BCUT2D eigenvalue weighted by Crippen LogP contribution is 2.14. The molecular weight excluding hydrogens is 344 g/mol. The van der Waals surface area contributed by atoms with E-state index in [4.69, 9.17) is 9.47 Å². The van der Waals surface area contributed by atoms with Crippen LogP contribution in [0.15, 0.2) is 61.1 Å². The number of methoxy groups -OCH3 is 1. The number of nitrogens with one attached hydrogen (secondary N) is 1. The van der Waals surface area contributed by atoms with E-state index in [1.807, 2.05) is 48.7 Å². The summed E-state index contributed by atoms with van der Waals surface area (Å²) in [5.74, 6) is 1.32. The molecule has 1 aromatic carbocycles. The third-order valence-electron chi connectivity index (χ3n) is 4.02. The van der Waals surface area contributed by atoms with Crippen molar-refractivity contribution in [2.75, 3.05) is 7.11 Å². The largest absolute Gasteiger partial charge is 0.497 e. The standard InChI is InChI=1S/C20H22N4O3/c1-15(27-14-16-5-3-6-18(11-16)26-2)20(25)22-13-17-7-8-19(21-12-17)24-10-4-9-23-24/h3-12,15H,13-14H2,1-2H3,(H,22,25). The SMILES string of the molecule is COc1cccc(COC(C)C(=O)NCc2ccc(-n3cccn3)nc2)c1. The van der Waals surface area contributed by atoms with Crippen LogP contribution in [-0.2, 0) is 22.7 Å². The summed E-state index contributed by atoms with van der Waals surface area (Å²) in [5.41, 5.74) is 1.85. The molecule has 0 saturated carbocycles. The zero-order valence-electron chi connectivity index (χ0n) is 15.3. The maximum absolute atomic E-state index is 12.2. The summed E-state index contributed by atoms with van der Waals surface area (Å²) in [6, 6.07) is 13.2. The van der Waals surface area contributed by atoms with Crippen molar-refractivity contribution in [3.05, 3.63) is 72.2 Å². The molecule has 3 aromatic rings. The van der Waals surface area contributed by atoms with Gasteiger partial charge >= 0.3 is 0 Å². The number of hydrogen-bond acceptors (Lipinski definition) is 5. The summed E-state index contributed by atoms with van der Waals surface area (Å²) in [4.78, 5) is 16.6. The molecule has 2 heterocycles. The first-order chi connectivity index (χ1) is 13.2. The second-order valence-electron chi connectivity index (χ2n) is 6.00. The van der Waals surface area contributed by atoms with Gasteiger partial charge in [0.25, 0.3) is 0 Å². The van der Waals surface area contributed by atoms with E-state index in [1.54, 1.807) is 31.1 Å². The lowest BCUT2D eigenvalue weighted by atomic mass is 10.2. The van der Waals surface area contributed by atoms with Gasteiger partial charge in [0.2, 0.25) is 5.91 Å². The predicted molar refractivity (Wildman–Crippen MR) is 100 cm³/mol. The van der Waals surface area contributed by atoms with Gasteiger partial charge in [-0.25, -0.2) is 9.67 Å². The van der Waals surface area contributed by atoms with Gasteiger partial charge in [-0.2, -0.15) is 5.10 Å². The number of benzene rings is 1. The fourth-order valence-electron chi connectivity index (χ4n) is 2.45. The Kier molecular flexibility index (Phi) is 6.17. The van der Waals surface area contributed by atoms with Gasteiger partial charge < -0.3 is 14.8 Å². The minimum atomic E-state index is -0.562. The summed E-state index contributed by atoms with van der Waals surface area (Å²) < 4.78 is 12.5. The van der Waals surface area contributed by atoms with E-state index in [0.29, 0.717) is 13.2 Å². The van der Waals surface area contributed by atoms with Gasteiger partial charge in [-0.1, -0.05) is 18.2 Å². The number of nitrogens with zero attached hydrogens (tertiary/aromatic N) is 3. The number of pyridine rings is 1. The van der Waals surface area contributed by atoms with Gasteiger partial charge in [0.1, 0.15) is 11.9 Å². The molecule has 0 aliphatic rings. The predicted octanol–water partition coefficient (Wildman–Crippen LogP) is 2.50. The van der Waals surface area contributed by atoms with Crippen LogP contribution in [0.1, 0.15) is 18.1 Å². The van der Waals surface area contributed by atoms with E-state index >= 15 is 0 Å². The normalized spacial score (nSPS) is 11.8. The molecule has 0 aliphatic heterocycles. The van der Waals surface area contributed by atoms with Crippen LogP contribution >= 0.6 is 0 Å². The van der Waals surface area contributed by atoms with Crippen LogP contribution in [0.3, 0.4) is 0 Å². The Morgan fingerprint density at radius 1 is 1.22 bits per heavy atom. The lowest BCUT2D eigenvalue weighted by Gasteiger charge is -2.14. The van der Waals surface area contributed by atoms with Gasteiger partial charge in [0.05, 0.1) is 13.7 Å². The third kappa shape index (κ3) is 5.15. The van der Waals surface area contributed by atoms with Gasteiger partial charge in [-0.15, -0.1) is 0 Å². The maximum Gasteiger partial charge on any atom is 0.249 e. The Morgan fingerprint density at radius 3 is 2.81 bits per heavy atom. The van der Waals surface area contributed by atoms with Crippen molar-refractivity contribution in [3.63, 3.8) is 0 Å². The van der Waals surface area contributed by atoms with Crippen LogP contribution < -0.4 is 10.1 Å². The van der Waals surface area contributed by atoms with Crippen molar-refractivity contribution in [3.8, 4) is 11.6 Å². The number of ether oxygens (including phenoxy) is 2. The highest BCUT2D eigenvalue weighted by atomic mass is 16.5. The van der Waals surface area contributed by atoms with Crippen molar-refractivity contribution in [2.45, 2.75) is 26.2 Å². The van der Waals surface area contributed by atoms with E-state index in [2.05, 4.69) is 15.4 Å². The highest BCUT2D eigenvalue weighted by molar-refractivity contribution is 5.80. The first-order valence-electron chi connectivity index (χ1n) is 8.63. The molecule has 0 spiro atoms. The molecule has 0 bridgehead atoms. The van der Waals surface area contributed by atoms with E-state index in [-0.39, 0.29) is 5.91 Å². The molecule has 1 unspecified atom stereocenters. The Labute approximate surface area is 158 Å². The molecule has 27 heavy (non-hydrogen) atoms. The summed E-state index contributed by atoms with van der Waals surface area (Å²) in [5, 5.41) is 6.99. The van der Waals surface area contributed by atoms with E-state index in [0.717, 1.165) is 22.7 Å². The van der Waals surface area contributed by atoms with Gasteiger partial charge in [0, 0.05) is 25.1 Å². The molecular formula is C20H22N4O3. The first kappa shape index (κ1) is 18.6. The number of rotatable bonds is 8. The van der Waals surface area contributed by atoms with Gasteiger partial charge in [0.15, 0.2) is 5.82 Å². The molecule has 0 radical (unpaired) electrons. The third-order valence-corrected chi connectivity index (χ3v) is 4.02. The van der Waals surface area contributed by atoms with Crippen molar-refractivity contribution in [1.82, 2.24) is 20.1 Å². The quantitative estimate of drug-likeness (QED) is 0.663. The molecule has 7 heteroatoms. The smallest absolute Gasteiger partial charge is 0.249 e. The van der Waals surface area contributed by atoms with Crippen LogP contribution in [0.4, 0.5) is 0 Å². The van der Waals surface area contributed by atoms with E-state index in [9.17, 15) is 4.79 Å². The molecule has 0 aliphatic carbocycles. The number of aromatic nitrogens is 3. The monoisotopic (exact) mass is 366 g/mol. The summed E-state index contributed by atoms with van der Waals surface area (Å²) in [7, 11) is 1.62. The Bertz CT molecular complexity index is 863. The molecule has 1 N–H and O–H groups in total. The molecule has 3 rings (SSSR count). The number of amides is 1. The summed E-state index contributed by atoms with van der Waals surface area (Å²) in [6.45, 7) is 2.46. The highest BCUT2D eigenvalue weighted by Gasteiger charge is 2.13. The minimum Gasteiger partial charge on any atom is -0.497 e. The second kappa shape index (κ2) is 8.95. The maximum atomic E-state index is 12.2. The first-order valence-corrected chi connectivity index (χ1v) is 8.63. The fourth-order valence-corrected chi connectivity index (χ4v) is 2.45. The number of carbonyl (C=O) groups excluding carboxylic acids is 1. The van der Waals surface area contributed by atoms with Crippen molar-refractivity contribution in [1.29, 1.82) is 0 Å². The number of hydrogen-bond donors (Lipinski definition) is 1. The van der Waals surface area contributed by atoms with Crippen LogP contribution in [0.5, 0.6) is 5.75 Å². The van der Waals surface area contributed by atoms with Crippen molar-refractivity contribution >= 4 is 5.91 Å². The lowest BCUT2D eigenvalue weighted by Crippen LogP contribution is -2.34. The Hall–Kier alpha value is -3.19. The van der Waals surface area contributed by atoms with Crippen LogP contribution in [-0.4, -0.2) is 33.9 Å². The Balaban J connectivity index is 1.46. The van der Waals surface area contributed by atoms with Gasteiger partial charge in [-0.3, -0.25) is 4.79 Å². The molecule has 1 amide bonds. The molecule has 0 saturated heterocycles. The molecule has 7 nitrogen and oxygen atoms in total. The summed E-state index contributed by atoms with van der Waals surface area (Å²) in [6.07, 6.45) is 4.68. The van der Waals surface area contributed by atoms with Crippen LogP contribution in [0, 0.1) is 0 Å². The van der Waals surface area contributed by atoms with E-state index in [1.165, 1.54) is 0 Å². The molecule has 2 aromatic heterocycles. The average Bonchev–Trinajstić information content (AvgIpc) is 3.25. The second-order valence-corrected chi connectivity index (χ2v) is 6.00. The minimum absolute atomic E-state index is 0.172. The zero-order chi connectivity index (χ0) is 19.1. The van der Waals surface area contributed by atoms with Crippen molar-refractivity contribution in [2.24, 2.45) is 0 Å². The number of carbonyl (C=O) groups is 1. The molecule has 140 valence electrons. The fraction of sp³-hybridized carbons (Fsp3) is 0.250. The van der Waals surface area contributed by atoms with E-state index < -0.39 is 6.10 Å². The molecule has 0 fully saturated rings. The molecule has 1 atom stereocenters. The van der Waals surface area contributed by atoms with Gasteiger partial charge in [-0.05, 0) is 42.3 Å². The zero-order valence-corrected chi connectivity index (χ0v) is 15.3. The van der Waals surface area contributed by atoms with Crippen LogP contribution in [0.25, 0.3) is 5.82 Å². The average molecular weight is 366 g/mol. The summed E-state index contributed by atoms with van der Waals surface area (Å²) >= 11 is 0. The topological polar surface area (TPSA) is 78.3 Å². The van der Waals surface area contributed by atoms with Crippen molar-refractivity contribution < 1.29 is 14.3 Å². The Morgan fingerprint density at radius 2 is 2.11 bits per heavy atom. The lowest BCUT2D eigenvalue weighted by molar-refractivity contribution is -0.132. The van der Waals surface area contributed by atoms with Crippen LogP contribution in [0.2, 0.25) is 0 Å².